The van der Waals surface area contributed by atoms with Gasteiger partial charge < -0.3 is 4.74 Å². The van der Waals surface area contributed by atoms with Crippen molar-refractivity contribution in [3.63, 3.8) is 0 Å². The van der Waals surface area contributed by atoms with Gasteiger partial charge in [-0.2, -0.15) is 0 Å². The Bertz CT molecular complexity index is 288. The molecule has 2 nitrogen and oxygen atoms in total. The van der Waals surface area contributed by atoms with Gasteiger partial charge in [0.1, 0.15) is 6.29 Å². The van der Waals surface area contributed by atoms with E-state index in [1.807, 2.05) is 24.3 Å². The smallest absolute Gasteiger partial charge is 0.150 e. The fourth-order valence-electron chi connectivity index (χ4n) is 1.56. The summed E-state index contributed by atoms with van der Waals surface area (Å²) in [4.78, 5) is 10.5. The van der Waals surface area contributed by atoms with E-state index in [2.05, 4.69) is 13.8 Å². The Hall–Kier alpha value is -1.15. The molecule has 0 heterocycles. The summed E-state index contributed by atoms with van der Waals surface area (Å²) in [5.41, 5.74) is 1.82. The van der Waals surface area contributed by atoms with Crippen molar-refractivity contribution in [1.29, 1.82) is 0 Å². The molecule has 0 radical (unpaired) electrons. The van der Waals surface area contributed by atoms with E-state index in [1.165, 1.54) is 0 Å². The summed E-state index contributed by atoms with van der Waals surface area (Å²) in [7, 11) is 1.71. The highest BCUT2D eigenvalue weighted by Crippen LogP contribution is 2.24. The zero-order valence-corrected chi connectivity index (χ0v) is 8.86. The third-order valence-corrected chi connectivity index (χ3v) is 2.26. The average molecular weight is 192 g/mol. The summed E-state index contributed by atoms with van der Waals surface area (Å²) in [6, 6.07) is 7.52. The lowest BCUT2D eigenvalue weighted by Gasteiger charge is -2.19. The standard InChI is InChI=1S/C12H16O2/c1-9(2)12(14-3)11-6-4-10(8-13)5-7-11/h4-9,12H,1-3H3/t12-/m0/s1. The quantitative estimate of drug-likeness (QED) is 0.686. The molecule has 0 aromatic heterocycles. The zero-order chi connectivity index (χ0) is 10.6. The largest absolute Gasteiger partial charge is 0.376 e. The molecule has 1 atom stereocenters. The van der Waals surface area contributed by atoms with Crippen LogP contribution in [0.5, 0.6) is 0 Å². The lowest BCUT2D eigenvalue weighted by atomic mass is 9.98. The molecule has 0 N–H and O–H groups in total. The van der Waals surface area contributed by atoms with Crippen molar-refractivity contribution in [2.45, 2.75) is 20.0 Å². The normalized spacial score (nSPS) is 12.9. The molecule has 0 saturated heterocycles. The van der Waals surface area contributed by atoms with Gasteiger partial charge in [0.2, 0.25) is 0 Å². The molecule has 0 bridgehead atoms. The fraction of sp³-hybridized carbons (Fsp3) is 0.417. The molecular formula is C12H16O2. The van der Waals surface area contributed by atoms with Gasteiger partial charge in [0.25, 0.3) is 0 Å². The second-order valence-electron chi connectivity index (χ2n) is 3.68. The van der Waals surface area contributed by atoms with Gasteiger partial charge in [-0.3, -0.25) is 4.79 Å². The van der Waals surface area contributed by atoms with Crippen molar-refractivity contribution in [1.82, 2.24) is 0 Å². The number of hydrogen-bond donors (Lipinski definition) is 0. The third kappa shape index (κ3) is 2.42. The van der Waals surface area contributed by atoms with E-state index < -0.39 is 0 Å². The minimum Gasteiger partial charge on any atom is -0.376 e. The van der Waals surface area contributed by atoms with Crippen LogP contribution in [0.2, 0.25) is 0 Å². The highest BCUT2D eigenvalue weighted by atomic mass is 16.5. The van der Waals surface area contributed by atoms with Crippen molar-refractivity contribution in [2.75, 3.05) is 7.11 Å². The molecule has 2 heteroatoms. The summed E-state index contributed by atoms with van der Waals surface area (Å²) in [5, 5.41) is 0. The van der Waals surface area contributed by atoms with Crippen LogP contribution in [0.15, 0.2) is 24.3 Å². The Morgan fingerprint density at radius 2 is 1.79 bits per heavy atom. The van der Waals surface area contributed by atoms with E-state index in [1.54, 1.807) is 7.11 Å². The summed E-state index contributed by atoms with van der Waals surface area (Å²) < 4.78 is 5.38. The molecule has 1 aromatic rings. The topological polar surface area (TPSA) is 26.3 Å². The number of aldehydes is 1. The van der Waals surface area contributed by atoms with E-state index in [0.29, 0.717) is 11.5 Å². The SMILES string of the molecule is CO[C@H](c1ccc(C=O)cc1)C(C)C. The average Bonchev–Trinajstić information content (AvgIpc) is 2.19. The first kappa shape index (κ1) is 10.9. The molecule has 0 unspecified atom stereocenters. The first-order chi connectivity index (χ1) is 6.69. The predicted octanol–water partition coefficient (Wildman–Crippen LogP) is 2.84. The summed E-state index contributed by atoms with van der Waals surface area (Å²) in [6.07, 6.45) is 0.955. The van der Waals surface area contributed by atoms with Crippen molar-refractivity contribution in [3.8, 4) is 0 Å². The van der Waals surface area contributed by atoms with Gasteiger partial charge in [-0.1, -0.05) is 38.1 Å². The third-order valence-electron chi connectivity index (χ3n) is 2.26. The van der Waals surface area contributed by atoms with Crippen LogP contribution in [0, 0.1) is 5.92 Å². The van der Waals surface area contributed by atoms with Gasteiger partial charge >= 0.3 is 0 Å². The Balaban J connectivity index is 2.89. The summed E-state index contributed by atoms with van der Waals surface area (Å²) in [6.45, 7) is 4.23. The van der Waals surface area contributed by atoms with Gasteiger partial charge in [-0.25, -0.2) is 0 Å². The van der Waals surface area contributed by atoms with Crippen LogP contribution in [0.25, 0.3) is 0 Å². The Morgan fingerprint density at radius 1 is 1.21 bits per heavy atom. The Labute approximate surface area is 84.9 Å². The van der Waals surface area contributed by atoms with E-state index in [9.17, 15) is 4.79 Å². The second-order valence-corrected chi connectivity index (χ2v) is 3.68. The number of hydrogen-bond acceptors (Lipinski definition) is 2. The lowest BCUT2D eigenvalue weighted by Crippen LogP contribution is -2.08. The van der Waals surface area contributed by atoms with Crippen LogP contribution in [-0.4, -0.2) is 13.4 Å². The number of methoxy groups -OCH3 is 1. The molecule has 0 aliphatic rings. The van der Waals surface area contributed by atoms with Crippen molar-refractivity contribution in [3.05, 3.63) is 35.4 Å². The van der Waals surface area contributed by atoms with E-state index >= 15 is 0 Å². The highest BCUT2D eigenvalue weighted by molar-refractivity contribution is 5.74. The fourth-order valence-corrected chi connectivity index (χ4v) is 1.56. The molecule has 0 saturated carbocycles. The van der Waals surface area contributed by atoms with Gasteiger partial charge in [0.15, 0.2) is 0 Å². The minimum absolute atomic E-state index is 0.107. The summed E-state index contributed by atoms with van der Waals surface area (Å²) in [5.74, 6) is 0.432. The van der Waals surface area contributed by atoms with E-state index in [0.717, 1.165) is 11.8 Å². The highest BCUT2D eigenvalue weighted by Gasteiger charge is 2.14. The number of rotatable bonds is 4. The maximum atomic E-state index is 10.5. The van der Waals surface area contributed by atoms with Crippen molar-refractivity contribution >= 4 is 6.29 Å². The predicted molar refractivity (Wildman–Crippen MR) is 56.4 cm³/mol. The van der Waals surface area contributed by atoms with Crippen LogP contribution in [0.4, 0.5) is 0 Å². The number of ether oxygens (including phenoxy) is 1. The molecule has 0 fully saturated rings. The maximum Gasteiger partial charge on any atom is 0.150 e. The molecule has 1 aromatic carbocycles. The molecule has 14 heavy (non-hydrogen) atoms. The second kappa shape index (κ2) is 4.91. The van der Waals surface area contributed by atoms with Crippen LogP contribution in [-0.2, 0) is 4.74 Å². The van der Waals surface area contributed by atoms with E-state index in [4.69, 9.17) is 4.74 Å². The number of benzene rings is 1. The first-order valence-electron chi connectivity index (χ1n) is 4.77. The van der Waals surface area contributed by atoms with Crippen LogP contribution >= 0.6 is 0 Å². The van der Waals surface area contributed by atoms with Gasteiger partial charge in [0.05, 0.1) is 6.10 Å². The van der Waals surface area contributed by atoms with Gasteiger partial charge in [-0.05, 0) is 11.5 Å². The molecule has 0 aliphatic heterocycles. The molecule has 0 spiro atoms. The Morgan fingerprint density at radius 3 is 2.14 bits per heavy atom. The molecule has 0 amide bonds. The van der Waals surface area contributed by atoms with Gasteiger partial charge in [-0.15, -0.1) is 0 Å². The molecule has 1 rings (SSSR count). The zero-order valence-electron chi connectivity index (χ0n) is 8.86. The first-order valence-corrected chi connectivity index (χ1v) is 4.77. The monoisotopic (exact) mass is 192 g/mol. The Kier molecular flexibility index (Phi) is 3.84. The van der Waals surface area contributed by atoms with Gasteiger partial charge in [0, 0.05) is 12.7 Å². The lowest BCUT2D eigenvalue weighted by molar-refractivity contribution is 0.0646. The van der Waals surface area contributed by atoms with Crippen LogP contribution in [0.1, 0.15) is 35.9 Å². The van der Waals surface area contributed by atoms with Crippen molar-refractivity contribution < 1.29 is 9.53 Å². The van der Waals surface area contributed by atoms with Crippen LogP contribution in [0.3, 0.4) is 0 Å². The molecule has 0 aliphatic carbocycles. The minimum atomic E-state index is 0.107. The summed E-state index contributed by atoms with van der Waals surface area (Å²) >= 11 is 0. The molecule has 76 valence electrons. The number of carbonyl (C=O) groups is 1. The van der Waals surface area contributed by atoms with E-state index in [-0.39, 0.29) is 6.10 Å². The van der Waals surface area contributed by atoms with Crippen LogP contribution < -0.4 is 0 Å². The van der Waals surface area contributed by atoms with Crippen molar-refractivity contribution in [2.24, 2.45) is 5.92 Å². The molecular weight excluding hydrogens is 176 g/mol. The maximum absolute atomic E-state index is 10.5. The number of carbonyl (C=O) groups excluding carboxylic acids is 1.